The van der Waals surface area contributed by atoms with Gasteiger partial charge in [0.05, 0.1) is 16.8 Å². The molecule has 164 valence electrons. The number of urea groups is 1. The number of piperidine rings is 1. The highest BCUT2D eigenvalue weighted by atomic mass is 16.2. The molecule has 2 saturated heterocycles. The molecule has 32 heavy (non-hydrogen) atoms. The van der Waals surface area contributed by atoms with Gasteiger partial charge in [-0.15, -0.1) is 0 Å². The van der Waals surface area contributed by atoms with E-state index in [2.05, 4.69) is 4.90 Å². The molecule has 0 atom stereocenters. The van der Waals surface area contributed by atoms with Gasteiger partial charge in [-0.2, -0.15) is 0 Å². The molecular weight excluding hydrogens is 408 g/mol. The summed E-state index contributed by atoms with van der Waals surface area (Å²) in [7, 11) is 0. The van der Waals surface area contributed by atoms with E-state index >= 15 is 0 Å². The molecule has 0 N–H and O–H groups in total. The molecule has 0 radical (unpaired) electrons. The monoisotopic (exact) mass is 432 g/mol. The summed E-state index contributed by atoms with van der Waals surface area (Å²) in [6.07, 6.45) is 1.51. The van der Waals surface area contributed by atoms with Gasteiger partial charge in [-0.25, -0.2) is 9.69 Å². The minimum Gasteiger partial charge on any atom is -0.312 e. The Hall–Kier alpha value is -3.52. The average Bonchev–Trinajstić information content (AvgIpc) is 3.26. The number of amides is 5. The molecule has 0 unspecified atom stereocenters. The van der Waals surface area contributed by atoms with Crippen LogP contribution in [-0.2, 0) is 4.79 Å². The number of fused-ring (bicyclic) bond motifs is 1. The third kappa shape index (κ3) is 3.46. The van der Waals surface area contributed by atoms with Crippen LogP contribution >= 0.6 is 0 Å². The zero-order valence-corrected chi connectivity index (χ0v) is 17.6. The molecule has 2 fully saturated rings. The fourth-order valence-electron chi connectivity index (χ4n) is 4.77. The van der Waals surface area contributed by atoms with E-state index in [4.69, 9.17) is 0 Å². The summed E-state index contributed by atoms with van der Waals surface area (Å²) in [6.45, 7) is 2.54. The van der Waals surface area contributed by atoms with E-state index in [1.807, 2.05) is 18.2 Å². The Kier molecular flexibility index (Phi) is 5.22. The van der Waals surface area contributed by atoms with Crippen molar-refractivity contribution in [2.75, 3.05) is 37.6 Å². The van der Waals surface area contributed by atoms with Crippen molar-refractivity contribution >= 4 is 29.4 Å². The number of para-hydroxylation sites is 1. The first-order valence-electron chi connectivity index (χ1n) is 10.9. The predicted octanol–water partition coefficient (Wildman–Crippen LogP) is 2.22. The molecule has 8 nitrogen and oxygen atoms in total. The van der Waals surface area contributed by atoms with Gasteiger partial charge in [0.15, 0.2) is 0 Å². The second-order valence-electron chi connectivity index (χ2n) is 8.36. The summed E-state index contributed by atoms with van der Waals surface area (Å²) in [5, 5.41) is 0. The van der Waals surface area contributed by atoms with Crippen molar-refractivity contribution in [2.24, 2.45) is 0 Å². The molecule has 3 heterocycles. The zero-order valence-electron chi connectivity index (χ0n) is 17.6. The first-order valence-corrected chi connectivity index (χ1v) is 10.9. The van der Waals surface area contributed by atoms with Crippen molar-refractivity contribution in [1.82, 2.24) is 14.7 Å². The van der Waals surface area contributed by atoms with Crippen LogP contribution in [0.25, 0.3) is 0 Å². The highest BCUT2D eigenvalue weighted by Gasteiger charge is 2.41. The lowest BCUT2D eigenvalue weighted by molar-refractivity contribution is -0.116. The number of hydrogen-bond acceptors (Lipinski definition) is 5. The van der Waals surface area contributed by atoms with Crippen LogP contribution in [0, 0.1) is 0 Å². The summed E-state index contributed by atoms with van der Waals surface area (Å²) in [5.41, 5.74) is 1.54. The Labute approximate surface area is 186 Å². The Morgan fingerprint density at radius 3 is 1.97 bits per heavy atom. The molecule has 0 spiro atoms. The summed E-state index contributed by atoms with van der Waals surface area (Å²) in [5.74, 6) is -0.667. The number of anilines is 1. The minimum atomic E-state index is -0.259. The second-order valence-corrected chi connectivity index (χ2v) is 8.36. The van der Waals surface area contributed by atoms with Gasteiger partial charge in [-0.1, -0.05) is 30.3 Å². The molecule has 0 bridgehead atoms. The van der Waals surface area contributed by atoms with Crippen LogP contribution < -0.4 is 4.90 Å². The first kappa shape index (κ1) is 20.4. The molecule has 0 aromatic heterocycles. The zero-order chi connectivity index (χ0) is 22.2. The maximum Gasteiger partial charge on any atom is 0.332 e. The van der Waals surface area contributed by atoms with Gasteiger partial charge < -0.3 is 9.80 Å². The molecule has 2 aromatic carbocycles. The normalized spacial score (nSPS) is 19.9. The molecular formula is C24H24N4O4. The van der Waals surface area contributed by atoms with Crippen molar-refractivity contribution in [1.29, 1.82) is 0 Å². The second kappa shape index (κ2) is 8.20. The Morgan fingerprint density at radius 2 is 1.34 bits per heavy atom. The topological polar surface area (TPSA) is 81.2 Å². The average molecular weight is 432 g/mol. The maximum atomic E-state index is 12.9. The molecule has 5 rings (SSSR count). The molecule has 0 aliphatic carbocycles. The van der Waals surface area contributed by atoms with Gasteiger partial charge in [-0.3, -0.25) is 19.3 Å². The van der Waals surface area contributed by atoms with Crippen LogP contribution in [0.2, 0.25) is 0 Å². The van der Waals surface area contributed by atoms with Crippen LogP contribution in [0.15, 0.2) is 54.6 Å². The smallest absolute Gasteiger partial charge is 0.312 e. The third-order valence-corrected chi connectivity index (χ3v) is 6.52. The summed E-state index contributed by atoms with van der Waals surface area (Å²) >= 11 is 0. The van der Waals surface area contributed by atoms with Crippen molar-refractivity contribution < 1.29 is 19.2 Å². The van der Waals surface area contributed by atoms with Gasteiger partial charge in [0.1, 0.15) is 6.54 Å². The summed E-state index contributed by atoms with van der Waals surface area (Å²) in [6, 6.07) is 15.7. The lowest BCUT2D eigenvalue weighted by Crippen LogP contribution is -2.48. The van der Waals surface area contributed by atoms with E-state index in [0.717, 1.165) is 25.9 Å². The quantitative estimate of drug-likeness (QED) is 0.535. The number of likely N-dealkylation sites (tertiary alicyclic amines) is 1. The van der Waals surface area contributed by atoms with Crippen molar-refractivity contribution in [3.63, 3.8) is 0 Å². The standard InChI is InChI=1S/C24H24N4O4/c29-21-16-27(24(32)28(21)18-6-2-1-3-7-18)17-10-12-25(13-11-17)14-15-26-22(30)19-8-4-5-9-20(19)23(26)31/h1-9,17H,10-16H2. The van der Waals surface area contributed by atoms with Crippen molar-refractivity contribution in [3.05, 3.63) is 65.7 Å². The van der Waals surface area contributed by atoms with Gasteiger partial charge in [0, 0.05) is 32.2 Å². The largest absolute Gasteiger partial charge is 0.332 e. The number of imide groups is 2. The van der Waals surface area contributed by atoms with Gasteiger partial charge >= 0.3 is 6.03 Å². The Balaban J connectivity index is 1.15. The minimum absolute atomic E-state index is 0.00992. The van der Waals surface area contributed by atoms with Crippen molar-refractivity contribution in [2.45, 2.75) is 18.9 Å². The fourth-order valence-corrected chi connectivity index (χ4v) is 4.77. The van der Waals surface area contributed by atoms with Gasteiger partial charge in [-0.05, 0) is 37.1 Å². The SMILES string of the molecule is O=C1c2ccccc2C(=O)N1CCN1CCC(N2CC(=O)N(c3ccccc3)C2=O)CC1. The molecule has 3 aliphatic heterocycles. The molecule has 3 aliphatic rings. The van der Waals surface area contributed by atoms with Gasteiger partial charge in [0.25, 0.3) is 17.7 Å². The summed E-state index contributed by atoms with van der Waals surface area (Å²) < 4.78 is 0. The number of hydrogen-bond donors (Lipinski definition) is 0. The van der Waals surface area contributed by atoms with Crippen LogP contribution in [0.5, 0.6) is 0 Å². The maximum absolute atomic E-state index is 12.9. The molecule has 0 saturated carbocycles. The highest BCUT2D eigenvalue weighted by Crippen LogP contribution is 2.27. The molecule has 2 aromatic rings. The fraction of sp³-hybridized carbons (Fsp3) is 0.333. The number of carbonyl (C=O) groups is 4. The number of benzene rings is 2. The third-order valence-electron chi connectivity index (χ3n) is 6.52. The number of rotatable bonds is 5. The molecule has 8 heteroatoms. The first-order chi connectivity index (χ1) is 15.5. The van der Waals surface area contributed by atoms with E-state index in [1.165, 1.54) is 9.80 Å². The van der Waals surface area contributed by atoms with Crippen molar-refractivity contribution in [3.8, 4) is 0 Å². The number of carbonyl (C=O) groups excluding carboxylic acids is 4. The van der Waals surface area contributed by atoms with E-state index in [9.17, 15) is 19.2 Å². The van der Waals surface area contributed by atoms with E-state index < -0.39 is 0 Å². The van der Waals surface area contributed by atoms with Gasteiger partial charge in [0.2, 0.25) is 0 Å². The highest BCUT2D eigenvalue weighted by molar-refractivity contribution is 6.21. The summed E-state index contributed by atoms with van der Waals surface area (Å²) in [4.78, 5) is 56.9. The number of nitrogens with zero attached hydrogens (tertiary/aromatic N) is 4. The van der Waals surface area contributed by atoms with E-state index in [1.54, 1.807) is 41.3 Å². The lowest BCUT2D eigenvalue weighted by atomic mass is 10.0. The van der Waals surface area contributed by atoms with Crippen LogP contribution in [0.4, 0.5) is 10.5 Å². The Bertz CT molecular complexity index is 1040. The Morgan fingerprint density at radius 1 is 0.750 bits per heavy atom. The molecule has 5 amide bonds. The lowest BCUT2D eigenvalue weighted by Gasteiger charge is -2.36. The van der Waals surface area contributed by atoms with E-state index in [-0.39, 0.29) is 36.3 Å². The van der Waals surface area contributed by atoms with Crippen LogP contribution in [-0.4, -0.2) is 77.2 Å². The predicted molar refractivity (Wildman–Crippen MR) is 117 cm³/mol. The van der Waals surface area contributed by atoms with Crippen LogP contribution in [0.3, 0.4) is 0 Å². The van der Waals surface area contributed by atoms with Crippen LogP contribution in [0.1, 0.15) is 33.6 Å². The van der Waals surface area contributed by atoms with E-state index in [0.29, 0.717) is 29.9 Å².